The molecule has 0 aromatic carbocycles. The van der Waals surface area contributed by atoms with Gasteiger partial charge >= 0.3 is 0 Å². The molecule has 7 heteroatoms. The maximum atomic E-state index is 11.4. The summed E-state index contributed by atoms with van der Waals surface area (Å²) in [5.41, 5.74) is 0.556. The fourth-order valence-corrected chi connectivity index (χ4v) is 2.59. The fraction of sp³-hybridized carbons (Fsp3) is 0.800. The van der Waals surface area contributed by atoms with E-state index in [-0.39, 0.29) is 0 Å². The first-order valence-corrected chi connectivity index (χ1v) is 7.42. The smallest absolute Gasteiger partial charge is 0.298 e. The molecule has 6 nitrogen and oxygen atoms in total. The van der Waals surface area contributed by atoms with E-state index in [1.165, 1.54) is 4.31 Å². The molecule has 0 aromatic heterocycles. The van der Waals surface area contributed by atoms with Crippen LogP contribution in [0.4, 0.5) is 0 Å². The number of nitrogens with two attached hydrogens (primary N) is 1. The molecule has 17 heavy (non-hydrogen) atoms. The third-order valence-corrected chi connectivity index (χ3v) is 3.73. The highest BCUT2D eigenvalue weighted by Gasteiger charge is 2.18. The molecule has 1 fully saturated rings. The molecule has 0 aromatic rings. The van der Waals surface area contributed by atoms with Crippen LogP contribution in [0.1, 0.15) is 19.3 Å². The monoisotopic (exact) mass is 262 g/mol. The van der Waals surface area contributed by atoms with Crippen molar-refractivity contribution in [2.75, 3.05) is 32.7 Å². The average Bonchev–Trinajstić information content (AvgIpc) is 2.21. The van der Waals surface area contributed by atoms with E-state index in [2.05, 4.69) is 17.2 Å². The predicted molar refractivity (Wildman–Crippen MR) is 68.5 cm³/mol. The molecule has 1 rings (SSSR count). The molecule has 0 atom stereocenters. The third-order valence-electron chi connectivity index (χ3n) is 2.67. The van der Waals surface area contributed by atoms with Crippen molar-refractivity contribution < 1.29 is 8.42 Å². The van der Waals surface area contributed by atoms with Crippen molar-refractivity contribution in [3.63, 3.8) is 0 Å². The first-order valence-electron chi connectivity index (χ1n) is 5.91. The normalized spacial score (nSPS) is 21.7. The zero-order valence-electron chi connectivity index (χ0n) is 10.1. The van der Waals surface area contributed by atoms with Crippen molar-refractivity contribution in [3.05, 3.63) is 12.3 Å². The fourth-order valence-electron chi connectivity index (χ4n) is 1.76. The second-order valence-corrected chi connectivity index (χ2v) is 5.61. The van der Waals surface area contributed by atoms with Crippen LogP contribution in [0.3, 0.4) is 0 Å². The van der Waals surface area contributed by atoms with E-state index in [4.69, 9.17) is 5.14 Å². The summed E-state index contributed by atoms with van der Waals surface area (Å²) in [6, 6.07) is 0. The number of nitrogens with zero attached hydrogens (tertiary/aromatic N) is 1. The maximum Gasteiger partial charge on any atom is 0.298 e. The van der Waals surface area contributed by atoms with Crippen LogP contribution in [-0.4, -0.2) is 45.4 Å². The summed E-state index contributed by atoms with van der Waals surface area (Å²) >= 11 is 0. The Kier molecular flexibility index (Phi) is 5.90. The van der Waals surface area contributed by atoms with Gasteiger partial charge in [-0.25, -0.2) is 5.14 Å². The lowest BCUT2D eigenvalue weighted by Gasteiger charge is -2.24. The largest absolute Gasteiger partial charge is 0.317 e. The van der Waals surface area contributed by atoms with Crippen molar-refractivity contribution in [1.82, 2.24) is 14.9 Å². The Hall–Kier alpha value is -0.630. The summed E-state index contributed by atoms with van der Waals surface area (Å²) in [5, 5.41) is 11.7. The molecule has 4 N–H and O–H groups in total. The minimum absolute atomic E-state index is 0.394. The van der Waals surface area contributed by atoms with Crippen LogP contribution in [0, 0.1) is 0 Å². The molecule has 0 unspecified atom stereocenters. The molecule has 1 aliphatic heterocycles. The third kappa shape index (κ3) is 5.49. The SMILES string of the molecule is C=C1CCNCCCNCCCN1S(N)(=O)=O. The van der Waals surface area contributed by atoms with Crippen LogP contribution < -0.4 is 15.8 Å². The van der Waals surface area contributed by atoms with Crippen LogP contribution in [0.2, 0.25) is 0 Å². The van der Waals surface area contributed by atoms with Gasteiger partial charge in [-0.05, 0) is 32.5 Å². The number of nitrogens with one attached hydrogen (secondary N) is 2. The first kappa shape index (κ1) is 14.4. The summed E-state index contributed by atoms with van der Waals surface area (Å²) in [5.74, 6) is 0. The topological polar surface area (TPSA) is 87.5 Å². The Morgan fingerprint density at radius 1 is 1.12 bits per heavy atom. The van der Waals surface area contributed by atoms with E-state index in [0.717, 1.165) is 39.0 Å². The van der Waals surface area contributed by atoms with E-state index < -0.39 is 10.2 Å². The van der Waals surface area contributed by atoms with E-state index in [9.17, 15) is 8.42 Å². The van der Waals surface area contributed by atoms with Crippen LogP contribution >= 0.6 is 0 Å². The molecular formula is C10H22N4O2S. The van der Waals surface area contributed by atoms with Crippen molar-refractivity contribution in [3.8, 4) is 0 Å². The minimum Gasteiger partial charge on any atom is -0.317 e. The van der Waals surface area contributed by atoms with Gasteiger partial charge in [-0.1, -0.05) is 6.58 Å². The Bertz CT molecular complexity index is 342. The van der Waals surface area contributed by atoms with Gasteiger partial charge in [0.1, 0.15) is 0 Å². The molecule has 0 saturated carbocycles. The Morgan fingerprint density at radius 3 is 2.35 bits per heavy atom. The first-order chi connectivity index (χ1) is 8.02. The molecule has 1 aliphatic rings. The Labute approximate surface area is 103 Å². The van der Waals surface area contributed by atoms with Crippen molar-refractivity contribution in [1.29, 1.82) is 0 Å². The van der Waals surface area contributed by atoms with Gasteiger partial charge in [0.25, 0.3) is 10.2 Å². The van der Waals surface area contributed by atoms with Gasteiger partial charge in [0.05, 0.1) is 0 Å². The maximum absolute atomic E-state index is 11.4. The lowest BCUT2D eigenvalue weighted by Crippen LogP contribution is -2.38. The van der Waals surface area contributed by atoms with Gasteiger partial charge in [0.2, 0.25) is 0 Å². The highest BCUT2D eigenvalue weighted by molar-refractivity contribution is 7.86. The van der Waals surface area contributed by atoms with E-state index in [0.29, 0.717) is 18.7 Å². The van der Waals surface area contributed by atoms with Gasteiger partial charge in [-0.2, -0.15) is 8.42 Å². The summed E-state index contributed by atoms with van der Waals surface area (Å²) in [4.78, 5) is 0. The van der Waals surface area contributed by atoms with Crippen LogP contribution in [-0.2, 0) is 10.2 Å². The summed E-state index contributed by atoms with van der Waals surface area (Å²) in [6.45, 7) is 7.58. The van der Waals surface area contributed by atoms with E-state index in [1.807, 2.05) is 0 Å². The van der Waals surface area contributed by atoms with Gasteiger partial charge in [0, 0.05) is 25.2 Å². The minimum atomic E-state index is -3.69. The van der Waals surface area contributed by atoms with Crippen molar-refractivity contribution in [2.24, 2.45) is 5.14 Å². The summed E-state index contributed by atoms with van der Waals surface area (Å²) < 4.78 is 24.0. The van der Waals surface area contributed by atoms with Crippen LogP contribution in [0.15, 0.2) is 12.3 Å². The Morgan fingerprint density at radius 2 is 1.71 bits per heavy atom. The average molecular weight is 262 g/mol. The molecule has 0 aliphatic carbocycles. The summed E-state index contributed by atoms with van der Waals surface area (Å²) in [7, 11) is -3.69. The van der Waals surface area contributed by atoms with Crippen LogP contribution in [0.5, 0.6) is 0 Å². The molecule has 100 valence electrons. The van der Waals surface area contributed by atoms with Gasteiger partial charge in [0.15, 0.2) is 0 Å². The van der Waals surface area contributed by atoms with Gasteiger partial charge in [-0.3, -0.25) is 4.31 Å². The molecule has 1 heterocycles. The van der Waals surface area contributed by atoms with Crippen molar-refractivity contribution in [2.45, 2.75) is 19.3 Å². The standard InChI is InChI=1S/C10H22N4O2S/c1-10-4-8-13-6-2-5-12-7-3-9-14(10)17(11,15)16/h12-13H,1-9H2,(H2,11,15,16). The highest BCUT2D eigenvalue weighted by Crippen LogP contribution is 2.10. The molecule has 1 saturated heterocycles. The number of hydrogen-bond acceptors (Lipinski definition) is 4. The molecular weight excluding hydrogens is 240 g/mol. The number of rotatable bonds is 1. The Balaban J connectivity index is 2.61. The lowest BCUT2D eigenvalue weighted by molar-refractivity contribution is 0.439. The quantitative estimate of drug-likeness (QED) is 0.587. The zero-order valence-corrected chi connectivity index (χ0v) is 10.9. The molecule has 0 radical (unpaired) electrons. The van der Waals surface area contributed by atoms with Crippen LogP contribution in [0.25, 0.3) is 0 Å². The van der Waals surface area contributed by atoms with Gasteiger partial charge in [-0.15, -0.1) is 0 Å². The van der Waals surface area contributed by atoms with Gasteiger partial charge < -0.3 is 10.6 Å². The van der Waals surface area contributed by atoms with E-state index >= 15 is 0 Å². The summed E-state index contributed by atoms with van der Waals surface area (Å²) in [6.07, 6.45) is 2.41. The molecule has 0 spiro atoms. The second-order valence-electron chi connectivity index (χ2n) is 4.14. The predicted octanol–water partition coefficient (Wildman–Crippen LogP) is -0.631. The van der Waals surface area contributed by atoms with E-state index in [1.54, 1.807) is 0 Å². The molecule has 0 amide bonds. The second kappa shape index (κ2) is 6.95. The van der Waals surface area contributed by atoms with Crippen molar-refractivity contribution >= 4 is 10.2 Å². The highest BCUT2D eigenvalue weighted by atomic mass is 32.2. The molecule has 0 bridgehead atoms. The lowest BCUT2D eigenvalue weighted by atomic mass is 10.3. The number of hydrogen-bond donors (Lipinski definition) is 3. The zero-order chi connectivity index (χ0) is 12.7.